The standard InChI is InChI=1S/C27H23N3O3/c1-19-7-2-3-9-21(19)17-30-16-15-26(29-30)28-27(31)25-14-13-22(33-25)18-32-24-12-6-10-20-8-4-5-11-23(20)24/h2-16H,17-18H2,1H3,(H,28,29,31). The van der Waals surface area contributed by atoms with E-state index < -0.39 is 0 Å². The van der Waals surface area contributed by atoms with Gasteiger partial charge >= 0.3 is 0 Å². The van der Waals surface area contributed by atoms with E-state index in [0.717, 1.165) is 16.5 Å². The highest BCUT2D eigenvalue weighted by molar-refractivity contribution is 6.01. The van der Waals surface area contributed by atoms with Crippen LogP contribution in [0.5, 0.6) is 5.75 Å². The number of aromatic nitrogens is 2. The van der Waals surface area contributed by atoms with Gasteiger partial charge in [0.25, 0.3) is 5.91 Å². The maximum absolute atomic E-state index is 12.6. The second-order valence-electron chi connectivity index (χ2n) is 7.81. The monoisotopic (exact) mass is 437 g/mol. The fraction of sp³-hybridized carbons (Fsp3) is 0.111. The van der Waals surface area contributed by atoms with Crippen molar-refractivity contribution in [2.75, 3.05) is 5.32 Å². The zero-order chi connectivity index (χ0) is 22.6. The summed E-state index contributed by atoms with van der Waals surface area (Å²) >= 11 is 0. The molecule has 0 atom stereocenters. The summed E-state index contributed by atoms with van der Waals surface area (Å²) in [6.07, 6.45) is 1.84. The van der Waals surface area contributed by atoms with Crippen molar-refractivity contribution < 1.29 is 13.9 Å². The molecule has 33 heavy (non-hydrogen) atoms. The van der Waals surface area contributed by atoms with Crippen molar-refractivity contribution in [1.29, 1.82) is 0 Å². The first-order valence-electron chi connectivity index (χ1n) is 10.7. The van der Waals surface area contributed by atoms with E-state index >= 15 is 0 Å². The predicted octanol–water partition coefficient (Wildman–Crippen LogP) is 5.82. The molecule has 0 aliphatic carbocycles. The lowest BCUT2D eigenvalue weighted by Gasteiger charge is -2.08. The van der Waals surface area contributed by atoms with Crippen LogP contribution in [0.1, 0.15) is 27.4 Å². The molecule has 0 bridgehead atoms. The summed E-state index contributed by atoms with van der Waals surface area (Å²) in [5, 5.41) is 9.37. The minimum absolute atomic E-state index is 0.208. The maximum Gasteiger partial charge on any atom is 0.292 e. The van der Waals surface area contributed by atoms with E-state index in [1.54, 1.807) is 22.9 Å². The van der Waals surface area contributed by atoms with Crippen LogP contribution < -0.4 is 10.1 Å². The van der Waals surface area contributed by atoms with Gasteiger partial charge in [0, 0.05) is 17.6 Å². The highest BCUT2D eigenvalue weighted by Crippen LogP contribution is 2.26. The third-order valence-electron chi connectivity index (χ3n) is 5.48. The van der Waals surface area contributed by atoms with Gasteiger partial charge in [-0.3, -0.25) is 9.48 Å². The zero-order valence-electron chi connectivity index (χ0n) is 18.2. The fourth-order valence-corrected chi connectivity index (χ4v) is 3.70. The largest absolute Gasteiger partial charge is 0.485 e. The molecule has 0 aliphatic heterocycles. The number of benzene rings is 3. The molecule has 1 N–H and O–H groups in total. The smallest absolute Gasteiger partial charge is 0.292 e. The molecule has 5 rings (SSSR count). The van der Waals surface area contributed by atoms with Crippen LogP contribution in [0.4, 0.5) is 5.82 Å². The van der Waals surface area contributed by atoms with E-state index in [0.29, 0.717) is 18.1 Å². The third-order valence-corrected chi connectivity index (χ3v) is 5.48. The van der Waals surface area contributed by atoms with E-state index in [1.807, 2.05) is 60.8 Å². The van der Waals surface area contributed by atoms with Crippen LogP contribution in [0.3, 0.4) is 0 Å². The maximum atomic E-state index is 12.6. The number of carbonyl (C=O) groups excluding carboxylic acids is 1. The molecule has 0 saturated heterocycles. The van der Waals surface area contributed by atoms with Crippen molar-refractivity contribution in [2.45, 2.75) is 20.1 Å². The summed E-state index contributed by atoms with van der Waals surface area (Å²) < 4.78 is 13.4. The summed E-state index contributed by atoms with van der Waals surface area (Å²) in [6.45, 7) is 2.94. The number of aryl methyl sites for hydroxylation is 1. The van der Waals surface area contributed by atoms with Crippen LogP contribution in [-0.4, -0.2) is 15.7 Å². The molecule has 0 radical (unpaired) electrons. The lowest BCUT2D eigenvalue weighted by atomic mass is 10.1. The Balaban J connectivity index is 1.21. The Morgan fingerprint density at radius 3 is 2.70 bits per heavy atom. The molecule has 2 aromatic heterocycles. The van der Waals surface area contributed by atoms with Gasteiger partial charge < -0.3 is 14.5 Å². The number of amides is 1. The Kier molecular flexibility index (Phi) is 5.64. The molecule has 2 heterocycles. The van der Waals surface area contributed by atoms with Crippen molar-refractivity contribution in [3.05, 3.63) is 114 Å². The molecule has 0 aliphatic rings. The van der Waals surface area contributed by atoms with Crippen molar-refractivity contribution in [3.8, 4) is 5.75 Å². The van der Waals surface area contributed by atoms with Gasteiger partial charge in [0.05, 0.1) is 6.54 Å². The molecule has 164 valence electrons. The first-order chi connectivity index (χ1) is 16.2. The van der Waals surface area contributed by atoms with Crippen LogP contribution in [0.25, 0.3) is 10.8 Å². The van der Waals surface area contributed by atoms with Crippen molar-refractivity contribution in [1.82, 2.24) is 9.78 Å². The molecule has 0 spiro atoms. The number of nitrogens with one attached hydrogen (secondary N) is 1. The Morgan fingerprint density at radius 1 is 0.970 bits per heavy atom. The van der Waals surface area contributed by atoms with Gasteiger partial charge in [0.15, 0.2) is 11.6 Å². The van der Waals surface area contributed by atoms with Crippen LogP contribution in [0, 0.1) is 6.92 Å². The van der Waals surface area contributed by atoms with Crippen LogP contribution in [0.15, 0.2) is 95.5 Å². The van der Waals surface area contributed by atoms with E-state index in [9.17, 15) is 4.79 Å². The third kappa shape index (κ3) is 4.65. The number of furan rings is 1. The van der Waals surface area contributed by atoms with Gasteiger partial charge in [0.2, 0.25) is 0 Å². The lowest BCUT2D eigenvalue weighted by Crippen LogP contribution is -2.12. The highest BCUT2D eigenvalue weighted by atomic mass is 16.5. The molecule has 0 fully saturated rings. The number of fused-ring (bicyclic) bond motifs is 1. The molecule has 1 amide bonds. The molecular formula is C27H23N3O3. The zero-order valence-corrected chi connectivity index (χ0v) is 18.2. The summed E-state index contributed by atoms with van der Waals surface area (Å²) in [4.78, 5) is 12.6. The lowest BCUT2D eigenvalue weighted by molar-refractivity contribution is 0.0992. The predicted molar refractivity (Wildman–Crippen MR) is 127 cm³/mol. The fourth-order valence-electron chi connectivity index (χ4n) is 3.70. The number of ether oxygens (including phenoxy) is 1. The molecular weight excluding hydrogens is 414 g/mol. The van der Waals surface area contributed by atoms with E-state index in [4.69, 9.17) is 9.15 Å². The van der Waals surface area contributed by atoms with E-state index in [2.05, 4.69) is 29.5 Å². The first kappa shape index (κ1) is 20.6. The van der Waals surface area contributed by atoms with Gasteiger partial charge in [-0.05, 0) is 41.6 Å². The van der Waals surface area contributed by atoms with E-state index in [1.165, 1.54) is 11.1 Å². The van der Waals surface area contributed by atoms with E-state index in [-0.39, 0.29) is 18.3 Å². The second-order valence-corrected chi connectivity index (χ2v) is 7.81. The second kappa shape index (κ2) is 9.04. The van der Waals surface area contributed by atoms with Crippen LogP contribution >= 0.6 is 0 Å². The Bertz CT molecular complexity index is 1410. The SMILES string of the molecule is Cc1ccccc1Cn1ccc(NC(=O)c2ccc(COc3cccc4ccccc34)o2)n1. The summed E-state index contributed by atoms with van der Waals surface area (Å²) in [5.74, 6) is 1.67. The average Bonchev–Trinajstić information content (AvgIpc) is 3.49. The Hall–Kier alpha value is -4.32. The van der Waals surface area contributed by atoms with Crippen molar-refractivity contribution in [2.24, 2.45) is 0 Å². The number of carbonyl (C=O) groups is 1. The summed E-state index contributed by atoms with van der Waals surface area (Å²) in [6, 6.07) is 27.3. The minimum atomic E-state index is -0.354. The number of nitrogens with zero attached hydrogens (tertiary/aromatic N) is 2. The number of hydrogen-bond acceptors (Lipinski definition) is 4. The normalized spacial score (nSPS) is 10.9. The Morgan fingerprint density at radius 2 is 1.79 bits per heavy atom. The topological polar surface area (TPSA) is 69.3 Å². The molecule has 6 heteroatoms. The van der Waals surface area contributed by atoms with Gasteiger partial charge in [-0.1, -0.05) is 60.7 Å². The van der Waals surface area contributed by atoms with Crippen LogP contribution in [-0.2, 0) is 13.2 Å². The molecule has 5 aromatic rings. The van der Waals surface area contributed by atoms with Gasteiger partial charge in [-0.25, -0.2) is 0 Å². The van der Waals surface area contributed by atoms with Crippen molar-refractivity contribution in [3.63, 3.8) is 0 Å². The molecule has 0 saturated carbocycles. The number of anilines is 1. The summed E-state index contributed by atoms with van der Waals surface area (Å²) in [5.41, 5.74) is 2.38. The minimum Gasteiger partial charge on any atom is -0.485 e. The highest BCUT2D eigenvalue weighted by Gasteiger charge is 2.14. The number of hydrogen-bond donors (Lipinski definition) is 1. The van der Waals surface area contributed by atoms with Gasteiger partial charge in [0.1, 0.15) is 18.1 Å². The number of rotatable bonds is 7. The van der Waals surface area contributed by atoms with Crippen LogP contribution in [0.2, 0.25) is 0 Å². The average molecular weight is 437 g/mol. The summed E-state index contributed by atoms with van der Waals surface area (Å²) in [7, 11) is 0. The van der Waals surface area contributed by atoms with Gasteiger partial charge in [-0.2, -0.15) is 5.10 Å². The quantitative estimate of drug-likeness (QED) is 0.348. The molecule has 6 nitrogen and oxygen atoms in total. The molecule has 3 aromatic carbocycles. The Labute approximate surface area is 191 Å². The van der Waals surface area contributed by atoms with Gasteiger partial charge in [-0.15, -0.1) is 0 Å². The van der Waals surface area contributed by atoms with Crippen molar-refractivity contribution >= 4 is 22.5 Å². The first-order valence-corrected chi connectivity index (χ1v) is 10.7. The molecule has 0 unspecified atom stereocenters.